The molecule has 1 rings (SSSR count). The number of nitrogen functional groups attached to an aromatic ring is 1. The van der Waals surface area contributed by atoms with Crippen molar-refractivity contribution >= 4 is 11.5 Å². The first kappa shape index (κ1) is 11.8. The molecule has 15 heavy (non-hydrogen) atoms. The average Bonchev–Trinajstić information content (AvgIpc) is 2.21. The highest BCUT2D eigenvalue weighted by atomic mass is 16.3. The SMILES string of the molecule is Cc1cnc(N(C)C(C)(C)CO)cc1N. The van der Waals surface area contributed by atoms with E-state index in [2.05, 4.69) is 4.98 Å². The number of anilines is 2. The van der Waals surface area contributed by atoms with E-state index in [0.29, 0.717) is 0 Å². The molecule has 0 saturated heterocycles. The topological polar surface area (TPSA) is 62.4 Å². The van der Waals surface area contributed by atoms with Crippen LogP contribution in [0.1, 0.15) is 19.4 Å². The second kappa shape index (κ2) is 4.06. The summed E-state index contributed by atoms with van der Waals surface area (Å²) in [6.45, 7) is 5.89. The molecule has 4 heteroatoms. The lowest BCUT2D eigenvalue weighted by Crippen LogP contribution is -2.44. The van der Waals surface area contributed by atoms with Gasteiger partial charge in [0.25, 0.3) is 0 Å². The maximum Gasteiger partial charge on any atom is 0.130 e. The standard InChI is InChI=1S/C11H19N3O/c1-8-6-13-10(5-9(8)12)14(4)11(2,3)7-15/h5-6,15H,7H2,1-4H3,(H2,12,13). The maximum absolute atomic E-state index is 9.25. The summed E-state index contributed by atoms with van der Waals surface area (Å²) in [6, 6.07) is 1.83. The van der Waals surface area contributed by atoms with Crippen molar-refractivity contribution in [3.05, 3.63) is 17.8 Å². The number of nitrogens with two attached hydrogens (primary N) is 1. The van der Waals surface area contributed by atoms with Crippen LogP contribution >= 0.6 is 0 Å². The van der Waals surface area contributed by atoms with E-state index in [9.17, 15) is 5.11 Å². The monoisotopic (exact) mass is 209 g/mol. The molecule has 0 fully saturated rings. The molecule has 1 aromatic rings. The molecule has 1 aromatic heterocycles. The van der Waals surface area contributed by atoms with E-state index in [-0.39, 0.29) is 12.1 Å². The van der Waals surface area contributed by atoms with Gasteiger partial charge in [-0.1, -0.05) is 0 Å². The summed E-state index contributed by atoms with van der Waals surface area (Å²) in [6.07, 6.45) is 1.74. The number of likely N-dealkylation sites (N-methyl/N-ethyl adjacent to an activating group) is 1. The van der Waals surface area contributed by atoms with Crippen molar-refractivity contribution in [1.82, 2.24) is 4.98 Å². The fourth-order valence-electron chi connectivity index (χ4n) is 1.13. The average molecular weight is 209 g/mol. The minimum atomic E-state index is -0.339. The van der Waals surface area contributed by atoms with Crippen LogP contribution < -0.4 is 10.6 Å². The van der Waals surface area contributed by atoms with Crippen molar-refractivity contribution in [2.24, 2.45) is 0 Å². The molecule has 3 N–H and O–H groups in total. The Morgan fingerprint density at radius 3 is 2.60 bits per heavy atom. The number of pyridine rings is 1. The molecule has 0 aliphatic rings. The van der Waals surface area contributed by atoms with Gasteiger partial charge in [-0.2, -0.15) is 0 Å². The summed E-state index contributed by atoms with van der Waals surface area (Å²) in [4.78, 5) is 6.21. The molecule has 0 atom stereocenters. The molecule has 1 heterocycles. The van der Waals surface area contributed by atoms with E-state index in [4.69, 9.17) is 5.73 Å². The zero-order chi connectivity index (χ0) is 11.6. The molecule has 0 unspecified atom stereocenters. The van der Waals surface area contributed by atoms with Crippen molar-refractivity contribution in [1.29, 1.82) is 0 Å². The van der Waals surface area contributed by atoms with E-state index in [1.54, 1.807) is 6.20 Å². The fraction of sp³-hybridized carbons (Fsp3) is 0.545. The highest BCUT2D eigenvalue weighted by Gasteiger charge is 2.23. The highest BCUT2D eigenvalue weighted by molar-refractivity contribution is 5.55. The molecule has 0 saturated carbocycles. The second-order valence-electron chi connectivity index (χ2n) is 4.43. The summed E-state index contributed by atoms with van der Waals surface area (Å²) in [5, 5.41) is 9.25. The van der Waals surface area contributed by atoms with Gasteiger partial charge in [-0.05, 0) is 26.3 Å². The Hall–Kier alpha value is -1.29. The van der Waals surface area contributed by atoms with E-state index in [0.717, 1.165) is 17.1 Å². The molecule has 0 amide bonds. The van der Waals surface area contributed by atoms with Gasteiger partial charge in [0.15, 0.2) is 0 Å². The number of aliphatic hydroxyl groups is 1. The Labute approximate surface area is 90.7 Å². The third-order valence-corrected chi connectivity index (χ3v) is 2.77. The van der Waals surface area contributed by atoms with Crippen LogP contribution in [0.25, 0.3) is 0 Å². The normalized spacial score (nSPS) is 11.5. The van der Waals surface area contributed by atoms with Crippen molar-refractivity contribution in [3.63, 3.8) is 0 Å². The molecule has 0 aliphatic heterocycles. The molecule has 4 nitrogen and oxygen atoms in total. The van der Waals surface area contributed by atoms with Crippen LogP contribution in [0.4, 0.5) is 11.5 Å². The van der Waals surface area contributed by atoms with Crippen molar-refractivity contribution in [2.75, 3.05) is 24.3 Å². The number of aliphatic hydroxyl groups excluding tert-OH is 1. The Morgan fingerprint density at radius 2 is 2.13 bits per heavy atom. The zero-order valence-electron chi connectivity index (χ0n) is 9.78. The van der Waals surface area contributed by atoms with E-state index in [1.165, 1.54) is 0 Å². The molecule has 0 aromatic carbocycles. The Kier molecular flexibility index (Phi) is 3.19. The number of hydrogen-bond donors (Lipinski definition) is 2. The second-order valence-corrected chi connectivity index (χ2v) is 4.43. The lowest BCUT2D eigenvalue weighted by molar-refractivity contribution is 0.215. The van der Waals surface area contributed by atoms with E-state index >= 15 is 0 Å². The van der Waals surface area contributed by atoms with Crippen molar-refractivity contribution in [2.45, 2.75) is 26.3 Å². The first-order chi connectivity index (χ1) is 6.88. The summed E-state index contributed by atoms with van der Waals surface area (Å²) in [5.74, 6) is 0.775. The highest BCUT2D eigenvalue weighted by Crippen LogP contribution is 2.22. The molecule has 0 radical (unpaired) electrons. The van der Waals surface area contributed by atoms with Crippen LogP contribution in [0.2, 0.25) is 0 Å². The third-order valence-electron chi connectivity index (χ3n) is 2.77. The quantitative estimate of drug-likeness (QED) is 0.784. The van der Waals surface area contributed by atoms with Gasteiger partial charge in [-0.3, -0.25) is 0 Å². The number of aryl methyl sites for hydroxylation is 1. The van der Waals surface area contributed by atoms with Gasteiger partial charge in [0.2, 0.25) is 0 Å². The minimum Gasteiger partial charge on any atom is -0.398 e. The lowest BCUT2D eigenvalue weighted by atomic mass is 10.1. The van der Waals surface area contributed by atoms with E-state index in [1.807, 2.05) is 38.8 Å². The Bertz CT molecular complexity index is 350. The molecule has 0 bridgehead atoms. The summed E-state index contributed by atoms with van der Waals surface area (Å²) < 4.78 is 0. The molecule has 0 spiro atoms. The van der Waals surface area contributed by atoms with Crippen LogP contribution in [0, 0.1) is 6.92 Å². The van der Waals surface area contributed by atoms with Crippen LogP contribution in [0.3, 0.4) is 0 Å². The third kappa shape index (κ3) is 2.39. The van der Waals surface area contributed by atoms with Gasteiger partial charge in [-0.25, -0.2) is 4.98 Å². The fourth-order valence-corrected chi connectivity index (χ4v) is 1.13. The molecular weight excluding hydrogens is 190 g/mol. The predicted octanol–water partition coefficient (Wildman–Crippen LogP) is 1.18. The first-order valence-corrected chi connectivity index (χ1v) is 4.95. The van der Waals surface area contributed by atoms with Crippen LogP contribution in [0.5, 0.6) is 0 Å². The smallest absolute Gasteiger partial charge is 0.130 e. The Morgan fingerprint density at radius 1 is 1.53 bits per heavy atom. The van der Waals surface area contributed by atoms with Gasteiger partial charge in [0.1, 0.15) is 5.82 Å². The largest absolute Gasteiger partial charge is 0.398 e. The number of nitrogens with zero attached hydrogens (tertiary/aromatic N) is 2. The first-order valence-electron chi connectivity index (χ1n) is 4.95. The van der Waals surface area contributed by atoms with Gasteiger partial charge in [0, 0.05) is 25.0 Å². The van der Waals surface area contributed by atoms with Gasteiger partial charge < -0.3 is 15.7 Å². The summed E-state index contributed by atoms with van der Waals surface area (Å²) >= 11 is 0. The Balaban J connectivity index is 3.02. The van der Waals surface area contributed by atoms with Crippen LogP contribution in [-0.2, 0) is 0 Å². The molecular formula is C11H19N3O. The van der Waals surface area contributed by atoms with Crippen molar-refractivity contribution in [3.8, 4) is 0 Å². The maximum atomic E-state index is 9.25. The van der Waals surface area contributed by atoms with Crippen LogP contribution in [-0.4, -0.2) is 29.3 Å². The number of hydrogen-bond acceptors (Lipinski definition) is 4. The van der Waals surface area contributed by atoms with E-state index < -0.39 is 0 Å². The summed E-state index contributed by atoms with van der Waals surface area (Å²) in [7, 11) is 1.90. The van der Waals surface area contributed by atoms with Crippen molar-refractivity contribution < 1.29 is 5.11 Å². The van der Waals surface area contributed by atoms with Gasteiger partial charge >= 0.3 is 0 Å². The van der Waals surface area contributed by atoms with Crippen LogP contribution in [0.15, 0.2) is 12.3 Å². The number of aromatic nitrogens is 1. The zero-order valence-corrected chi connectivity index (χ0v) is 9.78. The van der Waals surface area contributed by atoms with Gasteiger partial charge in [0.05, 0.1) is 12.1 Å². The summed E-state index contributed by atoms with van der Waals surface area (Å²) in [5.41, 5.74) is 7.16. The lowest BCUT2D eigenvalue weighted by Gasteiger charge is -2.35. The minimum absolute atomic E-state index is 0.0684. The number of rotatable bonds is 3. The molecule has 84 valence electrons. The predicted molar refractivity (Wildman–Crippen MR) is 63.0 cm³/mol. The van der Waals surface area contributed by atoms with Gasteiger partial charge in [-0.15, -0.1) is 0 Å². The molecule has 0 aliphatic carbocycles.